The molecule has 0 amide bonds. The largest absolute Gasteiger partial charge is 0.504 e. The molecule has 1 aliphatic rings. The van der Waals surface area contributed by atoms with Crippen molar-refractivity contribution in [1.82, 2.24) is 0 Å². The van der Waals surface area contributed by atoms with E-state index in [-0.39, 0.29) is 11.3 Å². The van der Waals surface area contributed by atoms with Crippen LogP contribution in [0.5, 0.6) is 17.2 Å². The van der Waals surface area contributed by atoms with Crippen LogP contribution in [0.3, 0.4) is 0 Å². The van der Waals surface area contributed by atoms with Crippen LogP contribution < -0.4 is 10.5 Å². The van der Waals surface area contributed by atoms with Gasteiger partial charge in [-0.15, -0.1) is 0 Å². The number of benzene rings is 1. The van der Waals surface area contributed by atoms with E-state index in [0.29, 0.717) is 0 Å². The lowest BCUT2D eigenvalue weighted by Crippen LogP contribution is -2.27. The molecule has 1 saturated carbocycles. The molecule has 1 aliphatic carbocycles. The minimum Gasteiger partial charge on any atom is -0.504 e. The molecule has 0 heterocycles. The van der Waals surface area contributed by atoms with E-state index in [1.165, 1.54) is 13.2 Å². The van der Waals surface area contributed by atoms with Gasteiger partial charge in [0.1, 0.15) is 5.54 Å². The summed E-state index contributed by atoms with van der Waals surface area (Å²) in [6, 6.07) is 2.23. The molecule has 4 N–H and O–H groups in total. The van der Waals surface area contributed by atoms with Gasteiger partial charge < -0.3 is 20.7 Å². The van der Waals surface area contributed by atoms with Gasteiger partial charge in [0.2, 0.25) is 5.75 Å². The average Bonchev–Trinajstić information content (AvgIpc) is 2.71. The summed E-state index contributed by atoms with van der Waals surface area (Å²) >= 11 is 0. The highest BCUT2D eigenvalue weighted by Crippen LogP contribution is 2.59. The maximum Gasteiger partial charge on any atom is 0.272 e. The zero-order valence-electron chi connectivity index (χ0n) is 8.50. The fourth-order valence-electron chi connectivity index (χ4n) is 1.63. The molecule has 1 atom stereocenters. The third kappa shape index (κ3) is 1.30. The highest BCUT2D eigenvalue weighted by Gasteiger charge is 2.70. The third-order valence-electron chi connectivity index (χ3n) is 2.82. The molecule has 16 heavy (non-hydrogen) atoms. The van der Waals surface area contributed by atoms with Gasteiger partial charge in [0.05, 0.1) is 7.11 Å². The van der Waals surface area contributed by atoms with Crippen molar-refractivity contribution in [1.29, 1.82) is 0 Å². The van der Waals surface area contributed by atoms with E-state index in [9.17, 15) is 19.0 Å². The summed E-state index contributed by atoms with van der Waals surface area (Å²) in [6.07, 6.45) is -0.479. The van der Waals surface area contributed by atoms with Crippen LogP contribution in [0.15, 0.2) is 12.1 Å². The van der Waals surface area contributed by atoms with Crippen LogP contribution in [0.25, 0.3) is 0 Å². The molecular formula is C10H11F2NO3. The number of alkyl halides is 2. The maximum atomic E-state index is 13.0. The van der Waals surface area contributed by atoms with Crippen molar-refractivity contribution in [2.24, 2.45) is 5.73 Å². The normalized spacial score (nSPS) is 26.5. The molecule has 1 unspecified atom stereocenters. The lowest BCUT2D eigenvalue weighted by atomic mass is 10.0. The number of phenols is 2. The fraction of sp³-hybridized carbons (Fsp3) is 0.400. The van der Waals surface area contributed by atoms with Gasteiger partial charge >= 0.3 is 0 Å². The van der Waals surface area contributed by atoms with Crippen molar-refractivity contribution in [3.8, 4) is 17.2 Å². The van der Waals surface area contributed by atoms with Crippen LogP contribution in [-0.4, -0.2) is 23.2 Å². The molecule has 0 spiro atoms. The summed E-state index contributed by atoms with van der Waals surface area (Å²) in [5, 5.41) is 18.7. The van der Waals surface area contributed by atoms with Gasteiger partial charge in [-0.05, 0) is 17.7 Å². The fourth-order valence-corrected chi connectivity index (χ4v) is 1.63. The number of rotatable bonds is 2. The van der Waals surface area contributed by atoms with Crippen molar-refractivity contribution < 1.29 is 23.7 Å². The van der Waals surface area contributed by atoms with E-state index in [4.69, 9.17) is 10.5 Å². The Hall–Kier alpha value is -1.56. The van der Waals surface area contributed by atoms with E-state index in [2.05, 4.69) is 0 Å². The van der Waals surface area contributed by atoms with E-state index in [1.807, 2.05) is 0 Å². The Bertz CT molecular complexity index is 450. The first kappa shape index (κ1) is 10.9. The van der Waals surface area contributed by atoms with E-state index in [0.717, 1.165) is 6.07 Å². The van der Waals surface area contributed by atoms with Gasteiger partial charge in [0, 0.05) is 6.42 Å². The summed E-state index contributed by atoms with van der Waals surface area (Å²) in [5.74, 6) is -4.08. The molecule has 0 aromatic heterocycles. The molecule has 1 aromatic carbocycles. The number of aromatic hydroxyl groups is 2. The predicted molar refractivity (Wildman–Crippen MR) is 51.8 cm³/mol. The minimum atomic E-state index is -2.98. The minimum absolute atomic E-state index is 0.0460. The number of methoxy groups -OCH3 is 1. The smallest absolute Gasteiger partial charge is 0.272 e. The average molecular weight is 231 g/mol. The number of halogens is 2. The number of phenolic OH excluding ortho intramolecular Hbond substituents is 2. The van der Waals surface area contributed by atoms with Crippen LogP contribution >= 0.6 is 0 Å². The molecule has 0 bridgehead atoms. The van der Waals surface area contributed by atoms with Gasteiger partial charge in [-0.3, -0.25) is 0 Å². The molecule has 6 heteroatoms. The Kier molecular flexibility index (Phi) is 2.03. The highest BCUT2D eigenvalue weighted by atomic mass is 19.3. The summed E-state index contributed by atoms with van der Waals surface area (Å²) in [4.78, 5) is 0. The highest BCUT2D eigenvalue weighted by molar-refractivity contribution is 5.55. The first-order valence-corrected chi connectivity index (χ1v) is 4.59. The quantitative estimate of drug-likeness (QED) is 0.670. The second-order valence-corrected chi connectivity index (χ2v) is 3.90. The van der Waals surface area contributed by atoms with Crippen molar-refractivity contribution >= 4 is 0 Å². The topological polar surface area (TPSA) is 75.7 Å². The van der Waals surface area contributed by atoms with Gasteiger partial charge in [-0.25, -0.2) is 8.78 Å². The summed E-state index contributed by atoms with van der Waals surface area (Å²) in [5.41, 5.74) is 3.76. The molecular weight excluding hydrogens is 220 g/mol. The Balaban J connectivity index is 2.49. The second-order valence-electron chi connectivity index (χ2n) is 3.90. The second kappa shape index (κ2) is 2.98. The first-order chi connectivity index (χ1) is 7.32. The molecule has 0 saturated heterocycles. The summed E-state index contributed by atoms with van der Waals surface area (Å²) < 4.78 is 30.8. The summed E-state index contributed by atoms with van der Waals surface area (Å²) in [7, 11) is 1.26. The lowest BCUT2D eigenvalue weighted by Gasteiger charge is -2.14. The number of nitrogens with two attached hydrogens (primary N) is 1. The van der Waals surface area contributed by atoms with Crippen LogP contribution in [0, 0.1) is 0 Å². The standard InChI is InChI=1S/C10H11F2NO3/c1-16-7-3-5(2-6(14)8(7)15)9(13)4-10(9,11)12/h2-3,14-15H,4,13H2,1H3. The zero-order chi connectivity index (χ0) is 12.1. The van der Waals surface area contributed by atoms with E-state index >= 15 is 0 Å². The Morgan fingerprint density at radius 2 is 1.94 bits per heavy atom. The monoisotopic (exact) mass is 231 g/mol. The van der Waals surface area contributed by atoms with Gasteiger partial charge in [-0.1, -0.05) is 0 Å². The molecule has 2 rings (SSSR count). The molecule has 1 fully saturated rings. The Labute approximate surface area is 90.3 Å². The number of ether oxygens (including phenoxy) is 1. The van der Waals surface area contributed by atoms with Gasteiger partial charge in [-0.2, -0.15) is 0 Å². The van der Waals surface area contributed by atoms with Crippen molar-refractivity contribution in [3.05, 3.63) is 17.7 Å². The van der Waals surface area contributed by atoms with Crippen LogP contribution in [-0.2, 0) is 5.54 Å². The number of hydrogen-bond acceptors (Lipinski definition) is 4. The Morgan fingerprint density at radius 1 is 1.38 bits per heavy atom. The van der Waals surface area contributed by atoms with Gasteiger partial charge in [0.25, 0.3) is 5.92 Å². The predicted octanol–water partition coefficient (Wildman–Crippen LogP) is 1.30. The molecule has 0 aliphatic heterocycles. The molecule has 88 valence electrons. The van der Waals surface area contributed by atoms with E-state index in [1.54, 1.807) is 0 Å². The van der Waals surface area contributed by atoms with Crippen molar-refractivity contribution in [3.63, 3.8) is 0 Å². The van der Waals surface area contributed by atoms with Crippen LogP contribution in [0.4, 0.5) is 8.78 Å². The van der Waals surface area contributed by atoms with Crippen molar-refractivity contribution in [2.75, 3.05) is 7.11 Å². The van der Waals surface area contributed by atoms with Crippen molar-refractivity contribution in [2.45, 2.75) is 17.9 Å². The van der Waals surface area contributed by atoms with Gasteiger partial charge in [0.15, 0.2) is 11.5 Å². The SMILES string of the molecule is COc1cc(C2(N)CC2(F)F)cc(O)c1O. The molecule has 1 aromatic rings. The molecule has 4 nitrogen and oxygen atoms in total. The zero-order valence-corrected chi connectivity index (χ0v) is 8.50. The first-order valence-electron chi connectivity index (χ1n) is 4.59. The maximum absolute atomic E-state index is 13.0. The van der Waals surface area contributed by atoms with Crippen LogP contribution in [0.2, 0.25) is 0 Å². The van der Waals surface area contributed by atoms with Crippen LogP contribution in [0.1, 0.15) is 12.0 Å². The molecule has 0 radical (unpaired) electrons. The third-order valence-corrected chi connectivity index (χ3v) is 2.82. The Morgan fingerprint density at radius 3 is 2.38 bits per heavy atom. The summed E-state index contributed by atoms with van der Waals surface area (Å²) in [6.45, 7) is 0. The van der Waals surface area contributed by atoms with E-state index < -0.39 is 29.4 Å². The number of hydrogen-bond donors (Lipinski definition) is 3. The lowest BCUT2D eigenvalue weighted by molar-refractivity contribution is 0.0890.